The van der Waals surface area contributed by atoms with E-state index in [1.54, 1.807) is 48.5 Å². The van der Waals surface area contributed by atoms with Crippen molar-refractivity contribution in [3.05, 3.63) is 65.7 Å². The van der Waals surface area contributed by atoms with Crippen LogP contribution in [0.25, 0.3) is 0 Å². The number of urea groups is 1. The van der Waals surface area contributed by atoms with Crippen LogP contribution in [0.3, 0.4) is 0 Å². The number of benzene rings is 2. The lowest BCUT2D eigenvalue weighted by atomic mass is 9.87. The molecule has 4 rings (SSSR count). The van der Waals surface area contributed by atoms with Crippen molar-refractivity contribution in [3.63, 3.8) is 0 Å². The molecule has 2 aliphatic heterocycles. The average Bonchev–Trinajstić information content (AvgIpc) is 3.05. The Labute approximate surface area is 143 Å². The molecule has 2 aliphatic rings. The van der Waals surface area contributed by atoms with Crippen molar-refractivity contribution in [2.75, 3.05) is 5.32 Å². The Morgan fingerprint density at radius 1 is 1.00 bits per heavy atom. The second-order valence-electron chi connectivity index (χ2n) is 6.06. The first-order chi connectivity index (χ1) is 12.0. The van der Waals surface area contributed by atoms with Crippen LogP contribution in [0.2, 0.25) is 0 Å². The summed E-state index contributed by atoms with van der Waals surface area (Å²) in [6.45, 7) is 0.0708. The summed E-state index contributed by atoms with van der Waals surface area (Å²) in [6, 6.07) is 13.6. The molecular weight excluding hydrogens is 322 g/mol. The second-order valence-corrected chi connectivity index (χ2v) is 6.06. The van der Waals surface area contributed by atoms with Crippen molar-refractivity contribution >= 4 is 23.5 Å². The molecule has 7 heteroatoms. The first-order valence-corrected chi connectivity index (χ1v) is 7.81. The molecule has 2 aromatic carbocycles. The van der Waals surface area contributed by atoms with Gasteiger partial charge in [0.05, 0.1) is 6.54 Å². The minimum Gasteiger partial charge on any atom is -0.373 e. The number of nitrogens with zero attached hydrogens (tertiary/aromatic N) is 1. The Kier molecular flexibility index (Phi) is 3.33. The fourth-order valence-electron chi connectivity index (χ4n) is 3.27. The summed E-state index contributed by atoms with van der Waals surface area (Å²) in [4.78, 5) is 38.4. The van der Waals surface area contributed by atoms with E-state index in [0.717, 1.165) is 10.5 Å². The highest BCUT2D eigenvalue weighted by atomic mass is 16.3. The van der Waals surface area contributed by atoms with Crippen LogP contribution in [0.1, 0.15) is 11.1 Å². The molecule has 0 unspecified atom stereocenters. The molecular formula is C18H15N3O4. The van der Waals surface area contributed by atoms with Gasteiger partial charge in [-0.2, -0.15) is 0 Å². The van der Waals surface area contributed by atoms with Gasteiger partial charge in [-0.05, 0) is 11.6 Å². The van der Waals surface area contributed by atoms with Crippen molar-refractivity contribution in [3.8, 4) is 0 Å². The van der Waals surface area contributed by atoms with Gasteiger partial charge in [0.2, 0.25) is 0 Å². The van der Waals surface area contributed by atoms with Crippen LogP contribution in [0.5, 0.6) is 0 Å². The Hall–Kier alpha value is -3.19. The van der Waals surface area contributed by atoms with Crippen LogP contribution in [0.15, 0.2) is 54.6 Å². The number of anilines is 1. The van der Waals surface area contributed by atoms with Crippen molar-refractivity contribution in [1.82, 2.24) is 10.2 Å². The van der Waals surface area contributed by atoms with E-state index in [4.69, 9.17) is 0 Å². The number of para-hydroxylation sites is 1. The number of carbonyl (C=O) groups is 3. The summed E-state index contributed by atoms with van der Waals surface area (Å²) in [5.74, 6) is -1.36. The molecule has 1 fully saturated rings. The molecule has 0 saturated carbocycles. The summed E-state index contributed by atoms with van der Waals surface area (Å²) in [7, 11) is 0. The van der Waals surface area contributed by atoms with Gasteiger partial charge < -0.3 is 15.7 Å². The molecule has 2 atom stereocenters. The van der Waals surface area contributed by atoms with Crippen LogP contribution in [0, 0.1) is 0 Å². The van der Waals surface area contributed by atoms with E-state index in [1.807, 2.05) is 6.07 Å². The van der Waals surface area contributed by atoms with Gasteiger partial charge in [-0.1, -0.05) is 48.5 Å². The Bertz CT molecular complexity index is 883. The van der Waals surface area contributed by atoms with E-state index in [9.17, 15) is 19.5 Å². The lowest BCUT2D eigenvalue weighted by Crippen LogP contribution is -2.54. The normalized spacial score (nSPS) is 24.9. The minimum absolute atomic E-state index is 0.0708. The Morgan fingerprint density at radius 3 is 2.44 bits per heavy atom. The zero-order chi connectivity index (χ0) is 17.6. The molecule has 0 bridgehead atoms. The maximum absolute atomic E-state index is 12.8. The van der Waals surface area contributed by atoms with Crippen molar-refractivity contribution < 1.29 is 19.5 Å². The molecule has 4 amide bonds. The third-order valence-corrected chi connectivity index (χ3v) is 4.56. The fraction of sp³-hybridized carbons (Fsp3) is 0.167. The molecule has 2 heterocycles. The molecule has 2 aromatic rings. The number of hydrogen-bond acceptors (Lipinski definition) is 4. The highest BCUT2D eigenvalue weighted by Crippen LogP contribution is 2.40. The standard InChI is InChI=1S/C18H15N3O4/c22-15-14(18(25)12-8-4-5-9-13(12)19-16(18)23)20-17(24)21(15)10-11-6-2-1-3-7-11/h1-9,14,25H,10H2,(H,19,23)(H,20,24)/t14-,18-/m1/s1. The quantitative estimate of drug-likeness (QED) is 0.726. The molecule has 0 spiro atoms. The molecule has 0 radical (unpaired) electrons. The van der Waals surface area contributed by atoms with Crippen LogP contribution in [-0.4, -0.2) is 33.9 Å². The van der Waals surface area contributed by atoms with Crippen molar-refractivity contribution in [2.45, 2.75) is 18.2 Å². The number of carbonyl (C=O) groups excluding carboxylic acids is 3. The number of rotatable bonds is 3. The summed E-state index contributed by atoms with van der Waals surface area (Å²) in [6.07, 6.45) is 0. The topological polar surface area (TPSA) is 98.7 Å². The van der Waals surface area contributed by atoms with Gasteiger partial charge in [-0.15, -0.1) is 0 Å². The molecule has 25 heavy (non-hydrogen) atoms. The van der Waals surface area contributed by atoms with E-state index >= 15 is 0 Å². The van der Waals surface area contributed by atoms with Gasteiger partial charge in [0.1, 0.15) is 0 Å². The SMILES string of the molecule is O=C1N[C@@H]([C@@]2(O)C(=O)Nc3ccccc32)C(=O)N1Cc1ccccc1. The average molecular weight is 337 g/mol. The molecule has 1 saturated heterocycles. The number of aliphatic hydroxyl groups is 1. The molecule has 3 N–H and O–H groups in total. The smallest absolute Gasteiger partial charge is 0.325 e. The lowest BCUT2D eigenvalue weighted by Gasteiger charge is -2.25. The number of imide groups is 1. The monoisotopic (exact) mass is 337 g/mol. The lowest BCUT2D eigenvalue weighted by molar-refractivity contribution is -0.145. The number of hydrogen-bond donors (Lipinski definition) is 3. The van der Waals surface area contributed by atoms with E-state index in [2.05, 4.69) is 10.6 Å². The number of nitrogens with one attached hydrogen (secondary N) is 2. The molecule has 7 nitrogen and oxygen atoms in total. The van der Waals surface area contributed by atoms with Crippen LogP contribution in [-0.2, 0) is 21.7 Å². The first-order valence-electron chi connectivity index (χ1n) is 7.81. The van der Waals surface area contributed by atoms with Gasteiger partial charge in [0.25, 0.3) is 11.8 Å². The van der Waals surface area contributed by atoms with Gasteiger partial charge >= 0.3 is 6.03 Å². The van der Waals surface area contributed by atoms with Crippen LogP contribution in [0.4, 0.5) is 10.5 Å². The summed E-state index contributed by atoms with van der Waals surface area (Å²) in [5.41, 5.74) is -0.650. The van der Waals surface area contributed by atoms with Gasteiger partial charge in [-0.3, -0.25) is 14.5 Å². The van der Waals surface area contributed by atoms with Crippen molar-refractivity contribution in [1.29, 1.82) is 0 Å². The predicted octanol–water partition coefficient (Wildman–Crippen LogP) is 0.947. The zero-order valence-electron chi connectivity index (χ0n) is 13.1. The first kappa shape index (κ1) is 15.3. The van der Waals surface area contributed by atoms with Crippen LogP contribution < -0.4 is 10.6 Å². The van der Waals surface area contributed by atoms with E-state index in [1.165, 1.54) is 0 Å². The van der Waals surface area contributed by atoms with Crippen LogP contribution >= 0.6 is 0 Å². The number of amides is 4. The summed E-state index contributed by atoms with van der Waals surface area (Å²) < 4.78 is 0. The predicted molar refractivity (Wildman–Crippen MR) is 88.3 cm³/mol. The van der Waals surface area contributed by atoms with E-state index in [-0.39, 0.29) is 12.1 Å². The van der Waals surface area contributed by atoms with Crippen molar-refractivity contribution in [2.24, 2.45) is 0 Å². The Balaban J connectivity index is 1.67. The summed E-state index contributed by atoms with van der Waals surface area (Å²) in [5, 5.41) is 16.0. The summed E-state index contributed by atoms with van der Waals surface area (Å²) >= 11 is 0. The largest absolute Gasteiger partial charge is 0.373 e. The fourth-order valence-corrected chi connectivity index (χ4v) is 3.27. The minimum atomic E-state index is -2.13. The maximum Gasteiger partial charge on any atom is 0.325 e. The van der Waals surface area contributed by atoms with Gasteiger partial charge in [0, 0.05) is 11.3 Å². The molecule has 0 aromatic heterocycles. The Morgan fingerprint density at radius 2 is 1.68 bits per heavy atom. The highest BCUT2D eigenvalue weighted by molar-refractivity contribution is 6.13. The van der Waals surface area contributed by atoms with E-state index < -0.39 is 29.5 Å². The third-order valence-electron chi connectivity index (χ3n) is 4.56. The molecule has 0 aliphatic carbocycles. The second kappa shape index (κ2) is 5.42. The third kappa shape index (κ3) is 2.20. The molecule has 126 valence electrons. The zero-order valence-corrected chi connectivity index (χ0v) is 13.1. The van der Waals surface area contributed by atoms with Gasteiger partial charge in [0.15, 0.2) is 11.6 Å². The highest BCUT2D eigenvalue weighted by Gasteiger charge is 2.59. The van der Waals surface area contributed by atoms with Gasteiger partial charge in [-0.25, -0.2) is 4.79 Å². The number of fused-ring (bicyclic) bond motifs is 1. The maximum atomic E-state index is 12.8. The van der Waals surface area contributed by atoms with E-state index in [0.29, 0.717) is 5.69 Å².